The summed E-state index contributed by atoms with van der Waals surface area (Å²) in [4.78, 5) is 4.48. The summed E-state index contributed by atoms with van der Waals surface area (Å²) in [6, 6.07) is 20.7. The molecule has 3 aromatic rings. The molecule has 1 aromatic heterocycles. The van der Waals surface area contributed by atoms with Crippen molar-refractivity contribution >= 4 is 10.8 Å². The van der Waals surface area contributed by atoms with Crippen molar-refractivity contribution in [1.82, 2.24) is 4.98 Å². The Morgan fingerprint density at radius 1 is 0.706 bits per heavy atom. The molecule has 3 rings (SSSR count). The van der Waals surface area contributed by atoms with E-state index >= 15 is 0 Å². The number of nitrogens with zero attached hydrogens (tertiary/aromatic N) is 1. The fourth-order valence-corrected chi connectivity index (χ4v) is 1.95. The third-order valence-corrected chi connectivity index (χ3v) is 2.72. The molecule has 0 aliphatic carbocycles. The zero-order valence-electron chi connectivity index (χ0n) is 9.13. The minimum Gasteiger partial charge on any atom is -0.256 e. The molecule has 0 atom stereocenters. The average molecular weight is 397 g/mol. The maximum atomic E-state index is 4.48. The van der Waals surface area contributed by atoms with Crippen molar-refractivity contribution in [3.8, 4) is 11.3 Å². The molecule has 0 fully saturated rings. The summed E-state index contributed by atoms with van der Waals surface area (Å²) in [6.07, 6.45) is 1.87. The molecule has 0 aliphatic rings. The van der Waals surface area contributed by atoms with E-state index in [1.165, 1.54) is 16.3 Å². The van der Waals surface area contributed by atoms with Crippen LogP contribution in [-0.2, 0) is 20.1 Å². The number of pyridine rings is 1. The van der Waals surface area contributed by atoms with E-state index in [4.69, 9.17) is 0 Å². The van der Waals surface area contributed by atoms with E-state index in [2.05, 4.69) is 41.4 Å². The SMILES string of the molecule is [Ir+3].c1ccc(-c2nccc3ccccc23)cc1. The van der Waals surface area contributed by atoms with Gasteiger partial charge in [0, 0.05) is 17.1 Å². The Balaban J connectivity index is 0.00000108. The fraction of sp³-hybridized carbons (Fsp3) is 0. The number of benzene rings is 2. The molecule has 0 N–H and O–H groups in total. The van der Waals surface area contributed by atoms with Crippen molar-refractivity contribution in [2.45, 2.75) is 0 Å². The number of hydrogen-bond donors (Lipinski definition) is 0. The summed E-state index contributed by atoms with van der Waals surface area (Å²) >= 11 is 0. The molecule has 0 radical (unpaired) electrons. The first-order valence-corrected chi connectivity index (χ1v) is 5.34. The van der Waals surface area contributed by atoms with Gasteiger partial charge in [-0.3, -0.25) is 4.98 Å². The third-order valence-electron chi connectivity index (χ3n) is 2.72. The van der Waals surface area contributed by atoms with Gasteiger partial charge in [-0.15, -0.1) is 0 Å². The van der Waals surface area contributed by atoms with Gasteiger partial charge in [-0.05, 0) is 11.5 Å². The zero-order valence-corrected chi connectivity index (χ0v) is 11.5. The Morgan fingerprint density at radius 2 is 1.41 bits per heavy atom. The second-order valence-electron chi connectivity index (χ2n) is 3.75. The Kier molecular flexibility index (Phi) is 3.68. The monoisotopic (exact) mass is 398 g/mol. The van der Waals surface area contributed by atoms with Crippen molar-refractivity contribution in [3.63, 3.8) is 0 Å². The summed E-state index contributed by atoms with van der Waals surface area (Å²) < 4.78 is 0. The zero-order chi connectivity index (χ0) is 10.8. The van der Waals surface area contributed by atoms with Crippen molar-refractivity contribution in [2.75, 3.05) is 0 Å². The van der Waals surface area contributed by atoms with E-state index in [-0.39, 0.29) is 20.1 Å². The van der Waals surface area contributed by atoms with Crippen LogP contribution in [0.25, 0.3) is 22.0 Å². The van der Waals surface area contributed by atoms with Gasteiger partial charge in [0.15, 0.2) is 0 Å². The molecular formula is C15H11IrN+3. The minimum absolute atomic E-state index is 0. The quantitative estimate of drug-likeness (QED) is 0.607. The van der Waals surface area contributed by atoms with E-state index in [9.17, 15) is 0 Å². The van der Waals surface area contributed by atoms with Gasteiger partial charge in [-0.25, -0.2) is 0 Å². The predicted octanol–water partition coefficient (Wildman–Crippen LogP) is 3.90. The van der Waals surface area contributed by atoms with Crippen LogP contribution in [0.15, 0.2) is 66.9 Å². The summed E-state index contributed by atoms with van der Waals surface area (Å²) in [6.45, 7) is 0. The van der Waals surface area contributed by atoms with Crippen LogP contribution in [0.5, 0.6) is 0 Å². The van der Waals surface area contributed by atoms with Gasteiger partial charge >= 0.3 is 20.1 Å². The maximum Gasteiger partial charge on any atom is 3.00 e. The minimum atomic E-state index is 0. The Hall–Kier alpha value is -1.50. The second-order valence-corrected chi connectivity index (χ2v) is 3.75. The summed E-state index contributed by atoms with van der Waals surface area (Å²) in [5.41, 5.74) is 2.22. The van der Waals surface area contributed by atoms with Crippen LogP contribution in [0.2, 0.25) is 0 Å². The molecule has 0 amide bonds. The van der Waals surface area contributed by atoms with Crippen LogP contribution >= 0.6 is 0 Å². The number of rotatable bonds is 1. The number of hydrogen-bond acceptors (Lipinski definition) is 1. The number of aromatic nitrogens is 1. The van der Waals surface area contributed by atoms with Gasteiger partial charge < -0.3 is 0 Å². The molecule has 1 nitrogen and oxygen atoms in total. The molecule has 0 saturated carbocycles. The molecular weight excluding hydrogens is 386 g/mol. The molecule has 82 valence electrons. The summed E-state index contributed by atoms with van der Waals surface area (Å²) in [5.74, 6) is 0. The summed E-state index contributed by atoms with van der Waals surface area (Å²) in [7, 11) is 0. The average Bonchev–Trinajstić information content (AvgIpc) is 2.39. The first-order chi connectivity index (χ1) is 7.95. The van der Waals surface area contributed by atoms with E-state index in [0.29, 0.717) is 0 Å². The molecule has 0 unspecified atom stereocenters. The Bertz CT molecular complexity index is 615. The summed E-state index contributed by atoms with van der Waals surface area (Å²) in [5, 5.41) is 2.44. The third kappa shape index (κ3) is 2.28. The first kappa shape index (κ1) is 12.0. The fourth-order valence-electron chi connectivity index (χ4n) is 1.95. The Morgan fingerprint density at radius 3 is 2.24 bits per heavy atom. The molecule has 0 saturated heterocycles. The smallest absolute Gasteiger partial charge is 0.256 e. The van der Waals surface area contributed by atoms with E-state index < -0.39 is 0 Å². The predicted molar refractivity (Wildman–Crippen MR) is 67.2 cm³/mol. The van der Waals surface area contributed by atoms with Crippen LogP contribution in [-0.4, -0.2) is 4.98 Å². The van der Waals surface area contributed by atoms with Crippen LogP contribution in [0, 0.1) is 0 Å². The van der Waals surface area contributed by atoms with Crippen molar-refractivity contribution < 1.29 is 20.1 Å². The van der Waals surface area contributed by atoms with Gasteiger partial charge in [0.1, 0.15) is 0 Å². The van der Waals surface area contributed by atoms with Crippen LogP contribution < -0.4 is 0 Å². The normalized spacial score (nSPS) is 9.88. The first-order valence-electron chi connectivity index (χ1n) is 5.34. The van der Waals surface area contributed by atoms with Crippen LogP contribution in [0.1, 0.15) is 0 Å². The van der Waals surface area contributed by atoms with E-state index in [1.54, 1.807) is 0 Å². The molecule has 17 heavy (non-hydrogen) atoms. The van der Waals surface area contributed by atoms with Crippen molar-refractivity contribution in [3.05, 3.63) is 66.9 Å². The maximum absolute atomic E-state index is 4.48. The van der Waals surface area contributed by atoms with Gasteiger partial charge in [0.2, 0.25) is 0 Å². The Labute approximate surface area is 114 Å². The van der Waals surface area contributed by atoms with Crippen LogP contribution in [0.3, 0.4) is 0 Å². The molecule has 0 bridgehead atoms. The molecule has 1 heterocycles. The molecule has 0 spiro atoms. The van der Waals surface area contributed by atoms with Gasteiger partial charge in [0.05, 0.1) is 5.69 Å². The van der Waals surface area contributed by atoms with Gasteiger partial charge in [0.25, 0.3) is 0 Å². The van der Waals surface area contributed by atoms with E-state index in [0.717, 1.165) is 5.69 Å². The van der Waals surface area contributed by atoms with E-state index in [1.807, 2.05) is 30.5 Å². The second kappa shape index (κ2) is 5.22. The molecule has 0 aliphatic heterocycles. The largest absolute Gasteiger partial charge is 3.00 e. The van der Waals surface area contributed by atoms with Crippen molar-refractivity contribution in [1.29, 1.82) is 0 Å². The van der Waals surface area contributed by atoms with Gasteiger partial charge in [-0.1, -0.05) is 54.6 Å². The van der Waals surface area contributed by atoms with Crippen LogP contribution in [0.4, 0.5) is 0 Å². The standard InChI is InChI=1S/C15H11N.Ir/c1-2-7-13(8-3-1)15-14-9-5-4-6-12(14)10-11-16-15;/h1-11H;/q;+3. The topological polar surface area (TPSA) is 12.9 Å². The molecule has 2 aromatic carbocycles. The van der Waals surface area contributed by atoms with Crippen molar-refractivity contribution in [2.24, 2.45) is 0 Å². The number of fused-ring (bicyclic) bond motifs is 1. The van der Waals surface area contributed by atoms with Gasteiger partial charge in [-0.2, -0.15) is 0 Å². The molecule has 2 heteroatoms.